The molecule has 2 aromatic rings. The first-order chi connectivity index (χ1) is 11.8. The lowest BCUT2D eigenvalue weighted by atomic mass is 10.1. The van der Waals surface area contributed by atoms with Crippen LogP contribution in [0, 0.1) is 11.6 Å². The summed E-state index contributed by atoms with van der Waals surface area (Å²) < 4.78 is 26.5. The number of halogens is 2. The SMILES string of the molecule is CC(=O)Nc1ccc(/C=C/C(=O)N(C)Cc2ccc(F)cc2F)cc1. The first-order valence-corrected chi connectivity index (χ1v) is 7.60. The van der Waals surface area contributed by atoms with Crippen LogP contribution >= 0.6 is 0 Å². The summed E-state index contributed by atoms with van der Waals surface area (Å²) in [6, 6.07) is 10.2. The number of nitrogens with zero attached hydrogens (tertiary/aromatic N) is 1. The number of hydrogen-bond acceptors (Lipinski definition) is 2. The lowest BCUT2D eigenvalue weighted by Gasteiger charge is -2.15. The molecule has 6 heteroatoms. The van der Waals surface area contributed by atoms with Gasteiger partial charge in [0, 0.05) is 43.9 Å². The molecule has 0 saturated heterocycles. The van der Waals surface area contributed by atoms with Gasteiger partial charge in [-0.15, -0.1) is 0 Å². The Bertz CT molecular complexity index is 802. The third kappa shape index (κ3) is 5.53. The van der Waals surface area contributed by atoms with Crippen LogP contribution in [0.2, 0.25) is 0 Å². The van der Waals surface area contributed by atoms with Crippen LogP contribution < -0.4 is 5.32 Å². The van der Waals surface area contributed by atoms with E-state index in [0.29, 0.717) is 5.69 Å². The molecule has 0 radical (unpaired) electrons. The topological polar surface area (TPSA) is 49.4 Å². The number of anilines is 1. The van der Waals surface area contributed by atoms with Crippen LogP contribution in [0.4, 0.5) is 14.5 Å². The summed E-state index contributed by atoms with van der Waals surface area (Å²) in [5, 5.41) is 2.65. The zero-order valence-corrected chi connectivity index (χ0v) is 13.9. The van der Waals surface area contributed by atoms with Gasteiger partial charge in [-0.1, -0.05) is 18.2 Å². The molecule has 130 valence electrons. The van der Waals surface area contributed by atoms with E-state index in [1.807, 2.05) is 0 Å². The summed E-state index contributed by atoms with van der Waals surface area (Å²) in [5.74, 6) is -1.81. The smallest absolute Gasteiger partial charge is 0.246 e. The number of rotatable bonds is 5. The summed E-state index contributed by atoms with van der Waals surface area (Å²) in [5.41, 5.74) is 1.69. The van der Waals surface area contributed by atoms with Crippen LogP contribution in [-0.2, 0) is 16.1 Å². The van der Waals surface area contributed by atoms with Gasteiger partial charge >= 0.3 is 0 Å². The zero-order valence-electron chi connectivity index (χ0n) is 13.9. The van der Waals surface area contributed by atoms with Gasteiger partial charge in [-0.2, -0.15) is 0 Å². The van der Waals surface area contributed by atoms with E-state index >= 15 is 0 Å². The predicted octanol–water partition coefficient (Wildman–Crippen LogP) is 3.60. The molecule has 2 aromatic carbocycles. The number of carbonyl (C=O) groups excluding carboxylic acids is 2. The average molecular weight is 344 g/mol. The average Bonchev–Trinajstić information content (AvgIpc) is 2.56. The van der Waals surface area contributed by atoms with Crippen LogP contribution in [0.15, 0.2) is 48.5 Å². The highest BCUT2D eigenvalue weighted by Crippen LogP contribution is 2.13. The molecule has 0 unspecified atom stereocenters. The summed E-state index contributed by atoms with van der Waals surface area (Å²) in [7, 11) is 1.54. The predicted molar refractivity (Wildman–Crippen MR) is 92.6 cm³/mol. The van der Waals surface area contributed by atoms with E-state index in [2.05, 4.69) is 5.32 Å². The third-order valence-electron chi connectivity index (χ3n) is 3.45. The molecule has 2 rings (SSSR count). The number of amides is 2. The maximum atomic E-state index is 13.6. The van der Waals surface area contributed by atoms with Crippen molar-refractivity contribution < 1.29 is 18.4 Å². The first kappa shape index (κ1) is 18.3. The van der Waals surface area contributed by atoms with Gasteiger partial charge in [0.15, 0.2) is 0 Å². The summed E-state index contributed by atoms with van der Waals surface area (Å²) in [6.45, 7) is 1.46. The molecule has 0 aliphatic rings. The highest BCUT2D eigenvalue weighted by Gasteiger charge is 2.10. The van der Waals surface area contributed by atoms with Crippen molar-refractivity contribution in [3.05, 3.63) is 71.3 Å². The second-order valence-corrected chi connectivity index (χ2v) is 5.57. The van der Waals surface area contributed by atoms with E-state index in [9.17, 15) is 18.4 Å². The van der Waals surface area contributed by atoms with Crippen molar-refractivity contribution in [2.24, 2.45) is 0 Å². The highest BCUT2D eigenvalue weighted by molar-refractivity contribution is 5.92. The Hall–Kier alpha value is -3.02. The van der Waals surface area contributed by atoms with Crippen molar-refractivity contribution in [1.29, 1.82) is 0 Å². The maximum Gasteiger partial charge on any atom is 0.246 e. The molecule has 0 heterocycles. The van der Waals surface area contributed by atoms with Crippen molar-refractivity contribution in [1.82, 2.24) is 4.90 Å². The van der Waals surface area contributed by atoms with Gasteiger partial charge in [0.25, 0.3) is 0 Å². The van der Waals surface area contributed by atoms with E-state index in [4.69, 9.17) is 0 Å². The van der Waals surface area contributed by atoms with Crippen LogP contribution in [0.25, 0.3) is 6.08 Å². The summed E-state index contributed by atoms with van der Waals surface area (Å²) in [4.78, 5) is 24.4. The molecule has 0 aliphatic carbocycles. The third-order valence-corrected chi connectivity index (χ3v) is 3.45. The van der Waals surface area contributed by atoms with Crippen molar-refractivity contribution >= 4 is 23.6 Å². The summed E-state index contributed by atoms with van der Waals surface area (Å²) >= 11 is 0. The lowest BCUT2D eigenvalue weighted by molar-refractivity contribution is -0.125. The first-order valence-electron chi connectivity index (χ1n) is 7.60. The quantitative estimate of drug-likeness (QED) is 0.843. The highest BCUT2D eigenvalue weighted by atomic mass is 19.1. The molecule has 0 fully saturated rings. The van der Waals surface area contributed by atoms with Crippen LogP contribution in [0.3, 0.4) is 0 Å². The molecule has 4 nitrogen and oxygen atoms in total. The van der Waals surface area contributed by atoms with E-state index < -0.39 is 11.6 Å². The van der Waals surface area contributed by atoms with Crippen molar-refractivity contribution in [2.45, 2.75) is 13.5 Å². The largest absolute Gasteiger partial charge is 0.338 e. The zero-order chi connectivity index (χ0) is 18.4. The van der Waals surface area contributed by atoms with Crippen LogP contribution in [-0.4, -0.2) is 23.8 Å². The number of nitrogens with one attached hydrogen (secondary N) is 1. The fourth-order valence-corrected chi connectivity index (χ4v) is 2.16. The van der Waals surface area contributed by atoms with Crippen LogP contribution in [0.1, 0.15) is 18.1 Å². The molecular formula is C19H18F2N2O2. The number of carbonyl (C=O) groups is 2. The molecule has 0 bridgehead atoms. The minimum absolute atomic E-state index is 0.0384. The minimum atomic E-state index is -0.683. The Morgan fingerprint density at radius 3 is 2.40 bits per heavy atom. The molecule has 0 spiro atoms. The molecular weight excluding hydrogens is 326 g/mol. The molecule has 25 heavy (non-hydrogen) atoms. The standard InChI is InChI=1S/C19H18F2N2O2/c1-13(24)22-17-8-3-14(4-9-17)5-10-19(25)23(2)12-15-6-7-16(20)11-18(15)21/h3-11H,12H2,1-2H3,(H,22,24)/b10-5+. The van der Waals surface area contributed by atoms with Gasteiger partial charge in [0.05, 0.1) is 0 Å². The van der Waals surface area contributed by atoms with Gasteiger partial charge in [-0.05, 0) is 29.8 Å². The number of likely N-dealkylation sites (N-methyl/N-ethyl adjacent to an activating group) is 1. The summed E-state index contributed by atoms with van der Waals surface area (Å²) in [6.07, 6.45) is 2.99. The normalized spacial score (nSPS) is 10.7. The molecule has 0 saturated carbocycles. The fourth-order valence-electron chi connectivity index (χ4n) is 2.16. The second kappa shape index (κ2) is 8.19. The Morgan fingerprint density at radius 1 is 1.12 bits per heavy atom. The van der Waals surface area contributed by atoms with Crippen molar-refractivity contribution in [3.63, 3.8) is 0 Å². The Morgan fingerprint density at radius 2 is 1.80 bits per heavy atom. The van der Waals surface area contributed by atoms with Crippen molar-refractivity contribution in [2.75, 3.05) is 12.4 Å². The number of benzene rings is 2. The minimum Gasteiger partial charge on any atom is -0.338 e. The Balaban J connectivity index is 1.98. The van der Waals surface area contributed by atoms with Gasteiger partial charge in [-0.25, -0.2) is 8.78 Å². The van der Waals surface area contributed by atoms with E-state index in [0.717, 1.165) is 17.7 Å². The number of hydrogen-bond donors (Lipinski definition) is 1. The molecule has 0 atom stereocenters. The lowest BCUT2D eigenvalue weighted by Crippen LogP contribution is -2.24. The monoisotopic (exact) mass is 344 g/mol. The van der Waals surface area contributed by atoms with Gasteiger partial charge in [0.1, 0.15) is 11.6 Å². The second-order valence-electron chi connectivity index (χ2n) is 5.57. The van der Waals surface area contributed by atoms with Gasteiger partial charge in [0.2, 0.25) is 11.8 Å². The van der Waals surface area contributed by atoms with Crippen molar-refractivity contribution in [3.8, 4) is 0 Å². The molecule has 0 aliphatic heterocycles. The van der Waals surface area contributed by atoms with E-state index in [1.165, 1.54) is 31.0 Å². The molecule has 0 aromatic heterocycles. The van der Waals surface area contributed by atoms with Gasteiger partial charge in [-0.3, -0.25) is 9.59 Å². The Kier molecular flexibility index (Phi) is 6.00. The molecule has 1 N–H and O–H groups in total. The van der Waals surface area contributed by atoms with E-state index in [1.54, 1.807) is 30.3 Å². The van der Waals surface area contributed by atoms with Gasteiger partial charge < -0.3 is 10.2 Å². The maximum absolute atomic E-state index is 13.6. The fraction of sp³-hybridized carbons (Fsp3) is 0.158. The Labute approximate surface area is 144 Å². The molecule has 2 amide bonds. The van der Waals surface area contributed by atoms with Crippen LogP contribution in [0.5, 0.6) is 0 Å². The van der Waals surface area contributed by atoms with E-state index in [-0.39, 0.29) is 23.9 Å².